The van der Waals surface area contributed by atoms with Crippen LogP contribution >= 0.6 is 15.9 Å². The van der Waals surface area contributed by atoms with E-state index < -0.39 is 0 Å². The molecule has 0 unspecified atom stereocenters. The van der Waals surface area contributed by atoms with Gasteiger partial charge in [-0.1, -0.05) is 18.1 Å². The summed E-state index contributed by atoms with van der Waals surface area (Å²) in [7, 11) is 1.69. The van der Waals surface area contributed by atoms with Gasteiger partial charge in [0, 0.05) is 4.47 Å². The van der Waals surface area contributed by atoms with Crippen LogP contribution in [-0.2, 0) is 9.59 Å². The Morgan fingerprint density at radius 1 is 1.30 bits per heavy atom. The van der Waals surface area contributed by atoms with Gasteiger partial charge in [0.1, 0.15) is 0 Å². The molecule has 0 heterocycles. The average Bonchev–Trinajstić information content (AvgIpc) is 2.38. The Morgan fingerprint density at radius 2 is 1.95 bits per heavy atom. The minimum absolute atomic E-state index is 0.116. The number of para-hydroxylation sites is 1. The zero-order chi connectivity index (χ0) is 15.0. The van der Waals surface area contributed by atoms with E-state index in [1.807, 2.05) is 18.2 Å². The molecule has 0 spiro atoms. The molecular weight excluding hydrogens is 322 g/mol. The van der Waals surface area contributed by atoms with Gasteiger partial charge in [-0.15, -0.1) is 6.42 Å². The highest BCUT2D eigenvalue weighted by atomic mass is 79.9. The largest absolute Gasteiger partial charge is 0.344 e. The molecule has 0 aromatic heterocycles. The highest BCUT2D eigenvalue weighted by Crippen LogP contribution is 2.20. The van der Waals surface area contributed by atoms with E-state index in [9.17, 15) is 9.59 Å². The van der Waals surface area contributed by atoms with Crippen molar-refractivity contribution in [2.75, 3.05) is 32.0 Å². The minimum Gasteiger partial charge on any atom is -0.344 e. The lowest BCUT2D eigenvalue weighted by Gasteiger charge is -2.15. The standard InChI is InChI=1S/C14H16BrN3O2/c1-3-8-16-13(19)9-18(2)10-14(20)17-12-7-5-4-6-11(12)15/h1,4-7H,8-10H2,2H3,(H,16,19)(H,17,20). The Bertz CT molecular complexity index is 525. The number of likely N-dealkylation sites (N-methyl/N-ethyl adjacent to an activating group) is 1. The van der Waals surface area contributed by atoms with Crippen molar-refractivity contribution in [2.45, 2.75) is 0 Å². The van der Waals surface area contributed by atoms with E-state index in [1.54, 1.807) is 18.0 Å². The molecule has 1 aromatic carbocycles. The zero-order valence-electron chi connectivity index (χ0n) is 11.1. The zero-order valence-corrected chi connectivity index (χ0v) is 12.7. The van der Waals surface area contributed by atoms with Crippen LogP contribution in [0.5, 0.6) is 0 Å². The maximum Gasteiger partial charge on any atom is 0.238 e. The van der Waals surface area contributed by atoms with E-state index in [-0.39, 0.29) is 31.4 Å². The SMILES string of the molecule is C#CCNC(=O)CN(C)CC(=O)Nc1ccccc1Br. The molecule has 0 saturated heterocycles. The van der Waals surface area contributed by atoms with Crippen LogP contribution in [0.15, 0.2) is 28.7 Å². The van der Waals surface area contributed by atoms with Gasteiger partial charge in [-0.25, -0.2) is 0 Å². The number of nitrogens with zero attached hydrogens (tertiary/aromatic N) is 1. The molecule has 0 bridgehead atoms. The van der Waals surface area contributed by atoms with Crippen molar-refractivity contribution in [3.63, 3.8) is 0 Å². The third-order valence-electron chi connectivity index (χ3n) is 2.36. The second kappa shape index (κ2) is 8.35. The first kappa shape index (κ1) is 16.2. The lowest BCUT2D eigenvalue weighted by molar-refractivity contribution is -0.122. The monoisotopic (exact) mass is 337 g/mol. The number of hydrogen-bond donors (Lipinski definition) is 2. The third-order valence-corrected chi connectivity index (χ3v) is 3.05. The summed E-state index contributed by atoms with van der Waals surface area (Å²) in [6.07, 6.45) is 5.04. The number of anilines is 1. The first-order valence-corrected chi connectivity index (χ1v) is 6.75. The summed E-state index contributed by atoms with van der Waals surface area (Å²) in [5.74, 6) is 1.92. The van der Waals surface area contributed by atoms with Gasteiger partial charge in [-0.3, -0.25) is 14.5 Å². The Labute approximate surface area is 126 Å². The Kier molecular flexibility index (Phi) is 6.77. The van der Waals surface area contributed by atoms with Crippen LogP contribution in [-0.4, -0.2) is 43.4 Å². The first-order valence-electron chi connectivity index (χ1n) is 5.96. The Morgan fingerprint density at radius 3 is 2.60 bits per heavy atom. The maximum absolute atomic E-state index is 11.8. The number of halogens is 1. The maximum atomic E-state index is 11.8. The molecule has 20 heavy (non-hydrogen) atoms. The highest BCUT2D eigenvalue weighted by Gasteiger charge is 2.11. The molecule has 5 nitrogen and oxygen atoms in total. The van der Waals surface area contributed by atoms with E-state index >= 15 is 0 Å². The Hall–Kier alpha value is -1.84. The van der Waals surface area contributed by atoms with Crippen molar-refractivity contribution in [1.82, 2.24) is 10.2 Å². The van der Waals surface area contributed by atoms with Crippen LogP contribution < -0.4 is 10.6 Å². The van der Waals surface area contributed by atoms with Crippen molar-refractivity contribution >= 4 is 33.4 Å². The van der Waals surface area contributed by atoms with Crippen LogP contribution in [0.4, 0.5) is 5.69 Å². The summed E-state index contributed by atoms with van der Waals surface area (Å²) in [4.78, 5) is 24.9. The summed E-state index contributed by atoms with van der Waals surface area (Å²) in [6.45, 7) is 0.422. The molecular formula is C14H16BrN3O2. The summed E-state index contributed by atoms with van der Waals surface area (Å²) in [5, 5.41) is 5.31. The second-order valence-corrected chi connectivity index (χ2v) is 5.04. The molecule has 0 atom stereocenters. The number of carbonyl (C=O) groups excluding carboxylic acids is 2. The van der Waals surface area contributed by atoms with Crippen LogP contribution in [0.3, 0.4) is 0 Å². The summed E-state index contributed by atoms with van der Waals surface area (Å²) >= 11 is 3.35. The van der Waals surface area contributed by atoms with E-state index in [4.69, 9.17) is 6.42 Å². The average molecular weight is 338 g/mol. The van der Waals surface area contributed by atoms with Crippen molar-refractivity contribution in [3.05, 3.63) is 28.7 Å². The van der Waals surface area contributed by atoms with E-state index in [1.165, 1.54) is 0 Å². The normalized spacial score (nSPS) is 9.90. The lowest BCUT2D eigenvalue weighted by atomic mass is 10.3. The molecule has 2 amide bonds. The van der Waals surface area contributed by atoms with Crippen molar-refractivity contribution in [1.29, 1.82) is 0 Å². The van der Waals surface area contributed by atoms with Gasteiger partial charge < -0.3 is 10.6 Å². The van der Waals surface area contributed by atoms with Crippen LogP contribution in [0.2, 0.25) is 0 Å². The number of nitrogens with one attached hydrogen (secondary N) is 2. The quantitative estimate of drug-likeness (QED) is 0.763. The molecule has 0 saturated carbocycles. The summed E-state index contributed by atoms with van der Waals surface area (Å²) in [5.41, 5.74) is 0.697. The number of carbonyl (C=O) groups is 2. The molecule has 1 rings (SSSR count). The molecule has 1 aromatic rings. The summed E-state index contributed by atoms with van der Waals surface area (Å²) in [6, 6.07) is 7.33. The van der Waals surface area contributed by atoms with Crippen molar-refractivity contribution < 1.29 is 9.59 Å². The van der Waals surface area contributed by atoms with Gasteiger partial charge in [-0.05, 0) is 35.1 Å². The molecule has 0 aliphatic rings. The molecule has 0 aliphatic carbocycles. The fourth-order valence-electron chi connectivity index (χ4n) is 1.50. The van der Waals surface area contributed by atoms with Crippen LogP contribution in [0.25, 0.3) is 0 Å². The number of terminal acetylenes is 1. The van der Waals surface area contributed by atoms with Gasteiger partial charge in [-0.2, -0.15) is 0 Å². The van der Waals surface area contributed by atoms with Crippen LogP contribution in [0, 0.1) is 12.3 Å². The molecule has 0 radical (unpaired) electrons. The van der Waals surface area contributed by atoms with E-state index in [0.717, 1.165) is 4.47 Å². The molecule has 106 valence electrons. The summed E-state index contributed by atoms with van der Waals surface area (Å²) < 4.78 is 0.808. The number of amides is 2. The van der Waals surface area contributed by atoms with Crippen LogP contribution in [0.1, 0.15) is 0 Å². The molecule has 6 heteroatoms. The first-order chi connectivity index (χ1) is 9.52. The van der Waals surface area contributed by atoms with Gasteiger partial charge in [0.05, 0.1) is 25.3 Å². The predicted molar refractivity (Wildman–Crippen MR) is 82.1 cm³/mol. The Balaban J connectivity index is 2.41. The smallest absolute Gasteiger partial charge is 0.238 e. The third kappa shape index (κ3) is 5.87. The topological polar surface area (TPSA) is 61.4 Å². The van der Waals surface area contributed by atoms with Crippen molar-refractivity contribution in [3.8, 4) is 12.3 Å². The fourth-order valence-corrected chi connectivity index (χ4v) is 1.89. The second-order valence-electron chi connectivity index (χ2n) is 4.18. The molecule has 0 fully saturated rings. The number of hydrogen-bond acceptors (Lipinski definition) is 3. The van der Waals surface area contributed by atoms with Gasteiger partial charge >= 0.3 is 0 Å². The van der Waals surface area contributed by atoms with Gasteiger partial charge in [0.2, 0.25) is 11.8 Å². The number of rotatable bonds is 6. The molecule has 2 N–H and O–H groups in total. The van der Waals surface area contributed by atoms with Gasteiger partial charge in [0.25, 0.3) is 0 Å². The minimum atomic E-state index is -0.209. The fraction of sp³-hybridized carbons (Fsp3) is 0.286. The van der Waals surface area contributed by atoms with Gasteiger partial charge in [0.15, 0.2) is 0 Å². The molecule has 0 aliphatic heterocycles. The predicted octanol–water partition coefficient (Wildman–Crippen LogP) is 1.07. The lowest BCUT2D eigenvalue weighted by Crippen LogP contribution is -2.39. The van der Waals surface area contributed by atoms with E-state index in [2.05, 4.69) is 32.5 Å². The van der Waals surface area contributed by atoms with E-state index in [0.29, 0.717) is 5.69 Å². The van der Waals surface area contributed by atoms with Crippen molar-refractivity contribution in [2.24, 2.45) is 0 Å². The highest BCUT2D eigenvalue weighted by molar-refractivity contribution is 9.10. The number of benzene rings is 1.